The Balaban J connectivity index is 3.98. The Morgan fingerprint density at radius 1 is 0.900 bits per heavy atom. The highest BCUT2D eigenvalue weighted by Crippen LogP contribution is 2.49. The van der Waals surface area contributed by atoms with Gasteiger partial charge in [-0.15, -0.1) is 0 Å². The maximum atomic E-state index is 13.5. The number of Topliss-reactive ketones (excluding diaryl/α,β-unsaturated/α-hetero) is 3. The van der Waals surface area contributed by atoms with Gasteiger partial charge in [0.2, 0.25) is 11.4 Å². The number of amides is 1. The number of likely N-dealkylation sites (tertiary alicyclic amines) is 1. The lowest BCUT2D eigenvalue weighted by atomic mass is 9.60. The molecule has 1 heterocycles. The Morgan fingerprint density at radius 2 is 1.37 bits per heavy atom. The Morgan fingerprint density at radius 3 is 1.73 bits per heavy atom. The number of nitrogens with two attached hydrogens (primary N) is 4. The van der Waals surface area contributed by atoms with Crippen molar-refractivity contribution in [3.05, 3.63) is 0 Å². The van der Waals surface area contributed by atoms with Gasteiger partial charge in [0.25, 0.3) is 0 Å². The summed E-state index contributed by atoms with van der Waals surface area (Å²) in [7, 11) is 0. The monoisotopic (exact) mass is 427 g/mol. The normalized spacial score (nSPS) is 26.0. The molecule has 170 valence electrons. The van der Waals surface area contributed by atoms with E-state index in [1.54, 1.807) is 27.7 Å². The fraction of sp³-hybridized carbons (Fsp3) is 0.737. The quantitative estimate of drug-likeness (QED) is 0.233. The maximum absolute atomic E-state index is 13.5. The van der Waals surface area contributed by atoms with Gasteiger partial charge in [0, 0.05) is 6.54 Å². The third kappa shape index (κ3) is 3.55. The van der Waals surface area contributed by atoms with Crippen LogP contribution in [0, 0.1) is 17.3 Å². The summed E-state index contributed by atoms with van der Waals surface area (Å²) in [4.78, 5) is 66.2. The van der Waals surface area contributed by atoms with Crippen molar-refractivity contribution >= 4 is 29.2 Å². The number of carbonyl (C=O) groups is 5. The van der Waals surface area contributed by atoms with Crippen LogP contribution >= 0.6 is 0 Å². The molecule has 0 spiro atoms. The van der Waals surface area contributed by atoms with E-state index in [2.05, 4.69) is 0 Å². The molecule has 1 amide bonds. The molecule has 4 unspecified atom stereocenters. The molecule has 9 N–H and O–H groups in total. The zero-order valence-electron chi connectivity index (χ0n) is 17.9. The molecule has 0 aromatic rings. The Kier molecular flexibility index (Phi) is 8.00. The van der Waals surface area contributed by atoms with Crippen LogP contribution in [-0.2, 0) is 24.0 Å². The van der Waals surface area contributed by atoms with Gasteiger partial charge in [-0.25, -0.2) is 4.79 Å². The zero-order valence-corrected chi connectivity index (χ0v) is 17.9. The van der Waals surface area contributed by atoms with E-state index >= 15 is 0 Å². The lowest BCUT2D eigenvalue weighted by Crippen LogP contribution is -2.74. The number of hydrogen-bond acceptors (Lipinski definition) is 9. The molecule has 0 aromatic heterocycles. The van der Waals surface area contributed by atoms with Gasteiger partial charge in [-0.2, -0.15) is 0 Å². The van der Waals surface area contributed by atoms with Crippen molar-refractivity contribution in [2.45, 2.75) is 51.7 Å². The molecule has 4 atom stereocenters. The first kappa shape index (κ1) is 25.8. The molecule has 0 saturated carbocycles. The molecule has 0 aromatic carbocycles. The number of carboxylic acids is 1. The summed E-state index contributed by atoms with van der Waals surface area (Å²) < 4.78 is 0. The largest absolute Gasteiger partial charge is 0.479 e. The lowest BCUT2D eigenvalue weighted by Gasteiger charge is -2.44. The number of nitrogens with zero attached hydrogens (tertiary/aromatic N) is 1. The number of ketones is 3. The van der Waals surface area contributed by atoms with Gasteiger partial charge in [0.05, 0.1) is 25.2 Å². The van der Waals surface area contributed by atoms with Crippen molar-refractivity contribution in [1.29, 1.82) is 0 Å². The van der Waals surface area contributed by atoms with Crippen LogP contribution in [0.3, 0.4) is 0 Å². The lowest BCUT2D eigenvalue weighted by molar-refractivity contribution is -0.175. The van der Waals surface area contributed by atoms with Crippen LogP contribution in [0.25, 0.3) is 0 Å². The minimum absolute atomic E-state index is 0.362. The van der Waals surface area contributed by atoms with Crippen molar-refractivity contribution in [1.82, 2.24) is 4.90 Å². The zero-order chi connectivity index (χ0) is 23.6. The van der Waals surface area contributed by atoms with Gasteiger partial charge >= 0.3 is 5.97 Å². The SMILES string of the molecule is CC(C)C(N)C(=O)N1CCC(C(=O)CN)(C(=O)C(N)C(C)C)C1(C(=O)O)C(=O)CN. The van der Waals surface area contributed by atoms with Crippen LogP contribution in [0.5, 0.6) is 0 Å². The molecular weight excluding hydrogens is 394 g/mol. The van der Waals surface area contributed by atoms with Gasteiger partial charge < -0.3 is 32.9 Å². The second-order valence-corrected chi connectivity index (χ2v) is 8.32. The summed E-state index contributed by atoms with van der Waals surface area (Å²) in [5.41, 5.74) is 17.7. The first-order chi connectivity index (χ1) is 13.8. The fourth-order valence-electron chi connectivity index (χ4n) is 4.09. The van der Waals surface area contributed by atoms with Crippen molar-refractivity contribution in [3.8, 4) is 0 Å². The van der Waals surface area contributed by atoms with Crippen LogP contribution in [-0.4, -0.2) is 76.5 Å². The molecular formula is C19H33N5O6. The highest BCUT2D eigenvalue weighted by molar-refractivity contribution is 6.25. The molecule has 30 heavy (non-hydrogen) atoms. The molecule has 11 nitrogen and oxygen atoms in total. The molecule has 1 fully saturated rings. The molecule has 0 bridgehead atoms. The Hall–Kier alpha value is -2.21. The van der Waals surface area contributed by atoms with Gasteiger partial charge in [0.15, 0.2) is 17.3 Å². The average molecular weight is 428 g/mol. The highest BCUT2D eigenvalue weighted by atomic mass is 16.4. The van der Waals surface area contributed by atoms with E-state index < -0.39 is 83.6 Å². The van der Waals surface area contributed by atoms with E-state index in [0.29, 0.717) is 4.90 Å². The molecule has 1 aliphatic heterocycles. The summed E-state index contributed by atoms with van der Waals surface area (Å²) in [5, 5.41) is 10.3. The number of aliphatic carboxylic acids is 1. The van der Waals surface area contributed by atoms with E-state index in [9.17, 15) is 29.1 Å². The smallest absolute Gasteiger partial charge is 0.339 e. The van der Waals surface area contributed by atoms with E-state index in [1.165, 1.54) is 0 Å². The first-order valence-electron chi connectivity index (χ1n) is 9.85. The number of rotatable bonds is 10. The number of carbonyl (C=O) groups excluding carboxylic acids is 4. The van der Waals surface area contributed by atoms with E-state index in [1.807, 2.05) is 0 Å². The minimum atomic E-state index is -2.87. The molecule has 1 aliphatic rings. The average Bonchev–Trinajstić information content (AvgIpc) is 3.07. The summed E-state index contributed by atoms with van der Waals surface area (Å²) >= 11 is 0. The van der Waals surface area contributed by atoms with Crippen molar-refractivity contribution in [3.63, 3.8) is 0 Å². The van der Waals surface area contributed by atoms with Gasteiger partial charge in [-0.3, -0.25) is 19.2 Å². The standard InChI is InChI=1S/C19H33N5O6/c1-9(2)13(22)15(27)18(11(25)7-20)5-6-24(16(28)14(23)10(3)4)19(18,17(29)30)12(26)8-21/h9-10,13-14H,5-8,20-23H2,1-4H3,(H,29,30). The van der Waals surface area contributed by atoms with Crippen LogP contribution in [0.4, 0.5) is 0 Å². The predicted octanol–water partition coefficient (Wildman–Crippen LogP) is -2.38. The van der Waals surface area contributed by atoms with Crippen LogP contribution < -0.4 is 22.9 Å². The Labute approximate surface area is 175 Å². The topological polar surface area (TPSA) is 213 Å². The third-order valence-corrected chi connectivity index (χ3v) is 6.00. The van der Waals surface area contributed by atoms with E-state index in [-0.39, 0.29) is 6.54 Å². The predicted molar refractivity (Wildman–Crippen MR) is 108 cm³/mol. The molecule has 0 aliphatic carbocycles. The summed E-state index contributed by atoms with van der Waals surface area (Å²) in [6.45, 7) is 4.61. The highest BCUT2D eigenvalue weighted by Gasteiger charge is 2.75. The summed E-state index contributed by atoms with van der Waals surface area (Å²) in [5.74, 6) is -6.68. The second kappa shape index (κ2) is 9.29. The number of carboxylic acid groups (broad SMARTS) is 1. The van der Waals surface area contributed by atoms with Crippen molar-refractivity contribution < 1.29 is 29.1 Å². The van der Waals surface area contributed by atoms with Gasteiger partial charge in [-0.1, -0.05) is 27.7 Å². The summed E-state index contributed by atoms with van der Waals surface area (Å²) in [6.07, 6.45) is -0.420. The fourth-order valence-corrected chi connectivity index (χ4v) is 4.09. The van der Waals surface area contributed by atoms with Crippen LogP contribution in [0.1, 0.15) is 34.1 Å². The van der Waals surface area contributed by atoms with Crippen molar-refractivity contribution in [2.24, 2.45) is 40.2 Å². The number of hydrogen-bond donors (Lipinski definition) is 5. The van der Waals surface area contributed by atoms with Crippen molar-refractivity contribution in [2.75, 3.05) is 19.6 Å². The third-order valence-electron chi connectivity index (χ3n) is 6.00. The molecule has 0 radical (unpaired) electrons. The second-order valence-electron chi connectivity index (χ2n) is 8.32. The van der Waals surface area contributed by atoms with Gasteiger partial charge in [-0.05, 0) is 18.3 Å². The molecule has 1 rings (SSSR count). The Bertz CT molecular complexity index is 739. The van der Waals surface area contributed by atoms with E-state index in [0.717, 1.165) is 0 Å². The van der Waals surface area contributed by atoms with Crippen LogP contribution in [0.2, 0.25) is 0 Å². The molecule has 11 heteroatoms. The minimum Gasteiger partial charge on any atom is -0.479 e. The van der Waals surface area contributed by atoms with Crippen LogP contribution in [0.15, 0.2) is 0 Å². The molecule has 1 saturated heterocycles. The van der Waals surface area contributed by atoms with Gasteiger partial charge in [0.1, 0.15) is 5.41 Å². The maximum Gasteiger partial charge on any atom is 0.339 e. The summed E-state index contributed by atoms with van der Waals surface area (Å²) in [6, 6.07) is -2.43. The first-order valence-corrected chi connectivity index (χ1v) is 9.85. The van der Waals surface area contributed by atoms with E-state index in [4.69, 9.17) is 22.9 Å².